The Kier molecular flexibility index (Phi) is 3.46. The number of likely N-dealkylation sites (N-methyl/N-ethyl adjacent to an activating group) is 1. The van der Waals surface area contributed by atoms with Crippen LogP contribution in [-0.4, -0.2) is 59.9 Å². The molecule has 0 aliphatic carbocycles. The average Bonchev–Trinajstić information content (AvgIpc) is 2.63. The molecule has 1 unspecified atom stereocenters. The van der Waals surface area contributed by atoms with Crippen LogP contribution in [0.4, 0.5) is 0 Å². The highest BCUT2D eigenvalue weighted by molar-refractivity contribution is 5.89. The van der Waals surface area contributed by atoms with E-state index in [4.69, 9.17) is 5.21 Å². The average molecular weight is 199 g/mol. The zero-order valence-corrected chi connectivity index (χ0v) is 8.90. The molecule has 1 saturated heterocycles. The number of carbonyl (C=O) groups excluding carboxylic acids is 1. The topological polar surface area (TPSA) is 56.1 Å². The Labute approximate surface area is 84.0 Å². The first-order chi connectivity index (χ1) is 6.56. The molecule has 80 valence electrons. The summed E-state index contributed by atoms with van der Waals surface area (Å²) in [6.07, 6.45) is 0.752. The van der Waals surface area contributed by atoms with E-state index in [9.17, 15) is 4.79 Å². The van der Waals surface area contributed by atoms with Crippen LogP contribution in [0.5, 0.6) is 0 Å². The fraction of sp³-hybridized carbons (Fsp3) is 0.778. The van der Waals surface area contributed by atoms with E-state index in [0.717, 1.165) is 18.7 Å². The molecule has 1 fully saturated rings. The predicted molar refractivity (Wildman–Crippen MR) is 53.6 cm³/mol. The lowest BCUT2D eigenvalue weighted by Crippen LogP contribution is -2.43. The summed E-state index contributed by atoms with van der Waals surface area (Å²) in [5.74, 6) is 0.0872. The molecular formula is C9H17N3O2. The summed E-state index contributed by atoms with van der Waals surface area (Å²) in [7, 11) is 3.49. The molecule has 1 N–H and O–H groups in total. The van der Waals surface area contributed by atoms with E-state index >= 15 is 0 Å². The number of carbonyl (C=O) groups is 1. The molecule has 0 spiro atoms. The second kappa shape index (κ2) is 4.41. The molecule has 0 aromatic carbocycles. The van der Waals surface area contributed by atoms with Gasteiger partial charge in [0, 0.05) is 33.6 Å². The molecule has 0 saturated carbocycles. The Bertz CT molecular complexity index is 250. The van der Waals surface area contributed by atoms with Gasteiger partial charge in [0.15, 0.2) is 0 Å². The Morgan fingerprint density at radius 2 is 2.29 bits per heavy atom. The number of oxime groups is 1. The molecule has 1 rings (SSSR count). The highest BCUT2D eigenvalue weighted by atomic mass is 16.4. The van der Waals surface area contributed by atoms with E-state index in [-0.39, 0.29) is 11.9 Å². The molecule has 0 radical (unpaired) electrons. The van der Waals surface area contributed by atoms with Gasteiger partial charge < -0.3 is 10.1 Å². The van der Waals surface area contributed by atoms with E-state index in [1.807, 2.05) is 11.8 Å². The summed E-state index contributed by atoms with van der Waals surface area (Å²) in [5, 5.41) is 11.8. The van der Waals surface area contributed by atoms with Gasteiger partial charge in [0.25, 0.3) is 0 Å². The normalized spacial score (nSPS) is 22.6. The maximum absolute atomic E-state index is 11.6. The van der Waals surface area contributed by atoms with Crippen molar-refractivity contribution in [3.8, 4) is 0 Å². The van der Waals surface area contributed by atoms with Gasteiger partial charge in [-0.15, -0.1) is 0 Å². The molecule has 0 aromatic heterocycles. The Morgan fingerprint density at radius 3 is 2.71 bits per heavy atom. The van der Waals surface area contributed by atoms with Gasteiger partial charge in [-0.25, -0.2) is 0 Å². The quantitative estimate of drug-likeness (QED) is 0.503. The van der Waals surface area contributed by atoms with Crippen molar-refractivity contribution < 1.29 is 10.0 Å². The van der Waals surface area contributed by atoms with Crippen LogP contribution in [0.15, 0.2) is 5.16 Å². The van der Waals surface area contributed by atoms with Crippen LogP contribution in [0, 0.1) is 0 Å². The second-order valence-electron chi connectivity index (χ2n) is 3.80. The number of likely N-dealkylation sites (tertiary alicyclic amines) is 1. The number of amides is 1. The van der Waals surface area contributed by atoms with Crippen LogP contribution in [0.25, 0.3) is 0 Å². The first-order valence-corrected chi connectivity index (χ1v) is 4.71. The van der Waals surface area contributed by atoms with Crippen LogP contribution in [0.1, 0.15) is 13.3 Å². The third kappa shape index (κ3) is 2.23. The summed E-state index contributed by atoms with van der Waals surface area (Å²) >= 11 is 0. The summed E-state index contributed by atoms with van der Waals surface area (Å²) < 4.78 is 0. The van der Waals surface area contributed by atoms with E-state index in [0.29, 0.717) is 6.54 Å². The monoisotopic (exact) mass is 199 g/mol. The Morgan fingerprint density at radius 1 is 1.64 bits per heavy atom. The van der Waals surface area contributed by atoms with Crippen molar-refractivity contribution in [1.29, 1.82) is 0 Å². The smallest absolute Gasteiger partial charge is 0.239 e. The van der Waals surface area contributed by atoms with E-state index < -0.39 is 0 Å². The molecule has 1 aliphatic rings. The molecule has 0 aromatic rings. The minimum Gasteiger partial charge on any atom is -0.411 e. The fourth-order valence-electron chi connectivity index (χ4n) is 1.61. The molecule has 1 atom stereocenters. The van der Waals surface area contributed by atoms with Gasteiger partial charge in [0.05, 0.1) is 11.8 Å². The Balaban J connectivity index is 2.55. The second-order valence-corrected chi connectivity index (χ2v) is 3.80. The predicted octanol–water partition coefficient (Wildman–Crippen LogP) is -0.00100. The van der Waals surface area contributed by atoms with Gasteiger partial charge in [-0.3, -0.25) is 9.69 Å². The highest BCUT2D eigenvalue weighted by Crippen LogP contribution is 2.11. The SMILES string of the molecule is CC(C(=O)N(C)C)N1CC/C(=N/O)C1. The van der Waals surface area contributed by atoms with Crippen molar-refractivity contribution >= 4 is 11.6 Å². The van der Waals surface area contributed by atoms with E-state index in [2.05, 4.69) is 5.16 Å². The standard InChI is InChI=1S/C9H17N3O2/c1-7(9(13)11(2)3)12-5-4-8(6-12)10-14/h7,14H,4-6H2,1-3H3/b10-8-. The lowest BCUT2D eigenvalue weighted by molar-refractivity contribution is -0.133. The van der Waals surface area contributed by atoms with Crippen molar-refractivity contribution in [2.45, 2.75) is 19.4 Å². The van der Waals surface area contributed by atoms with E-state index in [1.54, 1.807) is 19.0 Å². The third-order valence-corrected chi connectivity index (χ3v) is 2.56. The highest BCUT2D eigenvalue weighted by Gasteiger charge is 2.28. The van der Waals surface area contributed by atoms with Crippen molar-refractivity contribution in [3.05, 3.63) is 0 Å². The van der Waals surface area contributed by atoms with Crippen molar-refractivity contribution in [1.82, 2.24) is 9.80 Å². The molecule has 1 heterocycles. The minimum atomic E-state index is -0.135. The van der Waals surface area contributed by atoms with Crippen molar-refractivity contribution in [2.24, 2.45) is 5.16 Å². The van der Waals surface area contributed by atoms with Gasteiger partial charge in [0.1, 0.15) is 0 Å². The van der Waals surface area contributed by atoms with Gasteiger partial charge in [-0.1, -0.05) is 5.16 Å². The first kappa shape index (κ1) is 11.0. The summed E-state index contributed by atoms with van der Waals surface area (Å²) in [6, 6.07) is -0.135. The molecule has 14 heavy (non-hydrogen) atoms. The zero-order valence-electron chi connectivity index (χ0n) is 8.90. The van der Waals surface area contributed by atoms with E-state index in [1.165, 1.54) is 0 Å². The Hall–Kier alpha value is -1.10. The molecule has 1 amide bonds. The summed E-state index contributed by atoms with van der Waals surface area (Å²) in [4.78, 5) is 15.2. The number of hydrogen-bond acceptors (Lipinski definition) is 4. The minimum absolute atomic E-state index is 0.0872. The molecule has 5 nitrogen and oxygen atoms in total. The maximum Gasteiger partial charge on any atom is 0.239 e. The van der Waals surface area contributed by atoms with Crippen LogP contribution in [0.2, 0.25) is 0 Å². The van der Waals surface area contributed by atoms with Gasteiger partial charge in [0.2, 0.25) is 5.91 Å². The molecule has 1 aliphatic heterocycles. The van der Waals surface area contributed by atoms with Crippen LogP contribution >= 0.6 is 0 Å². The number of nitrogens with zero attached hydrogens (tertiary/aromatic N) is 3. The number of rotatable bonds is 2. The summed E-state index contributed by atoms with van der Waals surface area (Å²) in [5.41, 5.74) is 0.753. The first-order valence-electron chi connectivity index (χ1n) is 4.71. The molecule has 0 bridgehead atoms. The lowest BCUT2D eigenvalue weighted by atomic mass is 10.2. The van der Waals surface area contributed by atoms with Gasteiger partial charge in [-0.2, -0.15) is 0 Å². The van der Waals surface area contributed by atoms with Crippen LogP contribution in [0.3, 0.4) is 0 Å². The van der Waals surface area contributed by atoms with Gasteiger partial charge in [-0.05, 0) is 6.92 Å². The van der Waals surface area contributed by atoms with Crippen LogP contribution in [-0.2, 0) is 4.79 Å². The fourth-order valence-corrected chi connectivity index (χ4v) is 1.61. The zero-order chi connectivity index (χ0) is 10.7. The maximum atomic E-state index is 11.6. The van der Waals surface area contributed by atoms with Gasteiger partial charge >= 0.3 is 0 Å². The lowest BCUT2D eigenvalue weighted by Gasteiger charge is -2.24. The summed E-state index contributed by atoms with van der Waals surface area (Å²) in [6.45, 7) is 3.26. The van der Waals surface area contributed by atoms with Crippen molar-refractivity contribution in [3.63, 3.8) is 0 Å². The third-order valence-electron chi connectivity index (χ3n) is 2.56. The number of hydrogen-bond donors (Lipinski definition) is 1. The van der Waals surface area contributed by atoms with Crippen molar-refractivity contribution in [2.75, 3.05) is 27.2 Å². The largest absolute Gasteiger partial charge is 0.411 e. The molecule has 5 heteroatoms. The van der Waals surface area contributed by atoms with Crippen LogP contribution < -0.4 is 0 Å². The molecular weight excluding hydrogens is 182 g/mol.